The number of ether oxygens (including phenoxy) is 1. The van der Waals surface area contributed by atoms with Crippen molar-refractivity contribution in [3.63, 3.8) is 0 Å². The van der Waals surface area contributed by atoms with Gasteiger partial charge in [0.05, 0.1) is 0 Å². The first-order valence-electron chi connectivity index (χ1n) is 8.83. The van der Waals surface area contributed by atoms with Gasteiger partial charge in [0, 0.05) is 23.1 Å². The first-order valence-corrected chi connectivity index (χ1v) is 10.4. The van der Waals surface area contributed by atoms with E-state index in [-0.39, 0.29) is 5.91 Å². The highest BCUT2D eigenvalue weighted by Gasteiger charge is 2.18. The monoisotopic (exact) mass is 391 g/mol. The molecule has 0 radical (unpaired) electrons. The molecule has 0 heterocycles. The lowest BCUT2D eigenvalue weighted by molar-refractivity contribution is -0.128. The average molecular weight is 392 g/mol. The summed E-state index contributed by atoms with van der Waals surface area (Å²) in [6, 6.07) is 13.8. The molecule has 2 aromatic rings. The fraction of sp³-hybridized carbons (Fsp3) is 0.381. The normalized spacial score (nSPS) is 11.8. The molecule has 1 N–H and O–H groups in total. The third kappa shape index (κ3) is 6.58. The Balaban J connectivity index is 1.73. The van der Waals surface area contributed by atoms with Crippen LogP contribution in [-0.4, -0.2) is 24.3 Å². The maximum absolute atomic E-state index is 12.4. The highest BCUT2D eigenvalue weighted by Crippen LogP contribution is 2.21. The smallest absolute Gasteiger partial charge is 0.261 e. The number of hydrogen-bond acceptors (Lipinski definition) is 3. The van der Waals surface area contributed by atoms with Crippen molar-refractivity contribution < 1.29 is 9.53 Å². The van der Waals surface area contributed by atoms with Crippen LogP contribution in [-0.2, 0) is 10.5 Å². The summed E-state index contributed by atoms with van der Waals surface area (Å²) >= 11 is 7.67. The fourth-order valence-corrected chi connectivity index (χ4v) is 3.48. The van der Waals surface area contributed by atoms with Crippen LogP contribution in [0.5, 0.6) is 5.75 Å². The minimum absolute atomic E-state index is 0.0560. The largest absolute Gasteiger partial charge is 0.480 e. The molecule has 1 amide bonds. The van der Waals surface area contributed by atoms with E-state index in [1.165, 1.54) is 11.1 Å². The molecule has 0 fully saturated rings. The van der Waals surface area contributed by atoms with Gasteiger partial charge in [0.25, 0.3) is 5.91 Å². The molecule has 0 aliphatic rings. The molecule has 2 aromatic carbocycles. The molecule has 2 rings (SSSR count). The number of rotatable bonds is 9. The topological polar surface area (TPSA) is 38.3 Å². The number of carbonyl (C=O) groups is 1. The summed E-state index contributed by atoms with van der Waals surface area (Å²) in [5, 5.41) is 3.72. The summed E-state index contributed by atoms with van der Waals surface area (Å²) in [5.74, 6) is 2.48. The minimum Gasteiger partial charge on any atom is -0.480 e. The van der Waals surface area contributed by atoms with Crippen LogP contribution in [0, 0.1) is 13.8 Å². The molecule has 0 saturated carbocycles. The number of nitrogens with one attached hydrogen (secondary N) is 1. The van der Waals surface area contributed by atoms with E-state index in [0.717, 1.165) is 27.8 Å². The van der Waals surface area contributed by atoms with Gasteiger partial charge in [-0.15, -0.1) is 0 Å². The summed E-state index contributed by atoms with van der Waals surface area (Å²) in [7, 11) is 0. The maximum Gasteiger partial charge on any atom is 0.261 e. The van der Waals surface area contributed by atoms with Gasteiger partial charge < -0.3 is 10.1 Å². The molecule has 140 valence electrons. The molecule has 0 aromatic heterocycles. The Hall–Kier alpha value is -1.65. The van der Waals surface area contributed by atoms with Crippen LogP contribution in [0.1, 0.15) is 30.0 Å². The van der Waals surface area contributed by atoms with E-state index in [0.29, 0.717) is 13.0 Å². The van der Waals surface area contributed by atoms with E-state index in [9.17, 15) is 4.79 Å². The van der Waals surface area contributed by atoms with Crippen molar-refractivity contribution in [1.82, 2.24) is 5.32 Å². The van der Waals surface area contributed by atoms with Gasteiger partial charge in [0.2, 0.25) is 0 Å². The zero-order valence-electron chi connectivity index (χ0n) is 15.5. The predicted octanol–water partition coefficient (Wildman–Crippen LogP) is 5.16. The van der Waals surface area contributed by atoms with E-state index in [4.69, 9.17) is 16.3 Å². The van der Waals surface area contributed by atoms with Crippen molar-refractivity contribution in [2.45, 2.75) is 39.0 Å². The van der Waals surface area contributed by atoms with Crippen molar-refractivity contribution in [1.29, 1.82) is 0 Å². The molecule has 3 nitrogen and oxygen atoms in total. The number of carbonyl (C=O) groups excluding carboxylic acids is 1. The van der Waals surface area contributed by atoms with Crippen molar-refractivity contribution in [2.24, 2.45) is 0 Å². The van der Waals surface area contributed by atoms with Gasteiger partial charge in [0.15, 0.2) is 6.10 Å². The number of halogens is 1. The third-order valence-electron chi connectivity index (χ3n) is 3.99. The second-order valence-corrected chi connectivity index (χ2v) is 7.80. The highest BCUT2D eigenvalue weighted by molar-refractivity contribution is 7.98. The Bertz CT molecular complexity index is 718. The van der Waals surface area contributed by atoms with E-state index >= 15 is 0 Å². The summed E-state index contributed by atoms with van der Waals surface area (Å²) in [6.07, 6.45) is 0.175. The molecule has 0 bridgehead atoms. The molecule has 1 atom stereocenters. The Morgan fingerprint density at radius 1 is 1.19 bits per heavy atom. The predicted molar refractivity (Wildman–Crippen MR) is 111 cm³/mol. The van der Waals surface area contributed by atoms with Crippen LogP contribution in [0.25, 0.3) is 0 Å². The number of benzene rings is 2. The Kier molecular flexibility index (Phi) is 8.33. The van der Waals surface area contributed by atoms with E-state index in [2.05, 4.69) is 11.4 Å². The summed E-state index contributed by atoms with van der Waals surface area (Å²) < 4.78 is 5.92. The zero-order valence-corrected chi connectivity index (χ0v) is 17.1. The lowest BCUT2D eigenvalue weighted by Gasteiger charge is -2.19. The van der Waals surface area contributed by atoms with E-state index in [1.54, 1.807) is 11.8 Å². The summed E-state index contributed by atoms with van der Waals surface area (Å²) in [5.41, 5.74) is 3.47. The number of amides is 1. The summed E-state index contributed by atoms with van der Waals surface area (Å²) in [4.78, 5) is 12.4. The number of hydrogen-bond donors (Lipinski definition) is 1. The Morgan fingerprint density at radius 2 is 1.92 bits per heavy atom. The molecule has 5 heteroatoms. The van der Waals surface area contributed by atoms with E-state index in [1.807, 2.05) is 57.2 Å². The van der Waals surface area contributed by atoms with Gasteiger partial charge in [-0.05, 0) is 49.6 Å². The van der Waals surface area contributed by atoms with Crippen LogP contribution < -0.4 is 10.1 Å². The maximum atomic E-state index is 12.4. The van der Waals surface area contributed by atoms with Crippen LogP contribution in [0.2, 0.25) is 5.02 Å². The number of thioether (sulfide) groups is 1. The van der Waals surface area contributed by atoms with Gasteiger partial charge >= 0.3 is 0 Å². The van der Waals surface area contributed by atoms with Crippen molar-refractivity contribution in [3.8, 4) is 5.75 Å². The van der Waals surface area contributed by atoms with Crippen molar-refractivity contribution in [2.75, 3.05) is 12.3 Å². The van der Waals surface area contributed by atoms with Gasteiger partial charge in [-0.2, -0.15) is 11.8 Å². The van der Waals surface area contributed by atoms with E-state index < -0.39 is 6.10 Å². The third-order valence-corrected chi connectivity index (χ3v) is 5.27. The van der Waals surface area contributed by atoms with Gasteiger partial charge in [-0.3, -0.25) is 4.79 Å². The van der Waals surface area contributed by atoms with Gasteiger partial charge in [-0.1, -0.05) is 48.4 Å². The standard InChI is InChI=1S/C21H26ClNO2S/c1-4-19(25-20-10-5-15(2)13-16(20)3)21(24)23-11-12-26-14-17-6-8-18(22)9-7-17/h5-10,13,19H,4,11-12,14H2,1-3H3,(H,23,24)/t19-/m1/s1. The Labute approximate surface area is 165 Å². The molecule has 0 aliphatic carbocycles. The van der Waals surface area contributed by atoms with Crippen LogP contribution >= 0.6 is 23.4 Å². The summed E-state index contributed by atoms with van der Waals surface area (Å²) in [6.45, 7) is 6.63. The fourth-order valence-electron chi connectivity index (χ4n) is 2.54. The average Bonchev–Trinajstić information content (AvgIpc) is 2.62. The second kappa shape index (κ2) is 10.5. The first kappa shape index (κ1) is 20.7. The van der Waals surface area contributed by atoms with Gasteiger partial charge in [-0.25, -0.2) is 0 Å². The van der Waals surface area contributed by atoms with Crippen LogP contribution in [0.3, 0.4) is 0 Å². The van der Waals surface area contributed by atoms with Crippen LogP contribution in [0.4, 0.5) is 0 Å². The second-order valence-electron chi connectivity index (χ2n) is 6.25. The lowest BCUT2D eigenvalue weighted by Crippen LogP contribution is -2.39. The van der Waals surface area contributed by atoms with Crippen molar-refractivity contribution in [3.05, 3.63) is 64.2 Å². The Morgan fingerprint density at radius 3 is 2.58 bits per heavy atom. The highest BCUT2D eigenvalue weighted by atomic mass is 35.5. The van der Waals surface area contributed by atoms with Crippen molar-refractivity contribution >= 4 is 29.3 Å². The molecule has 0 unspecified atom stereocenters. The molecule has 26 heavy (non-hydrogen) atoms. The first-order chi connectivity index (χ1) is 12.5. The molecular formula is C21H26ClNO2S. The SMILES string of the molecule is CC[C@@H](Oc1ccc(C)cc1C)C(=O)NCCSCc1ccc(Cl)cc1. The van der Waals surface area contributed by atoms with Crippen LogP contribution in [0.15, 0.2) is 42.5 Å². The molecule has 0 saturated heterocycles. The minimum atomic E-state index is -0.460. The lowest BCUT2D eigenvalue weighted by atomic mass is 10.1. The number of aryl methyl sites for hydroxylation is 2. The molecular weight excluding hydrogens is 366 g/mol. The molecule has 0 aliphatic heterocycles. The quantitative estimate of drug-likeness (QED) is 0.599. The van der Waals surface area contributed by atoms with Gasteiger partial charge in [0.1, 0.15) is 5.75 Å². The zero-order chi connectivity index (χ0) is 18.9. The molecule has 0 spiro atoms.